The van der Waals surface area contributed by atoms with Gasteiger partial charge in [0.1, 0.15) is 11.3 Å². The molecule has 4 N–H and O–H groups in total. The van der Waals surface area contributed by atoms with Crippen LogP contribution in [0.15, 0.2) is 18.2 Å². The van der Waals surface area contributed by atoms with Crippen LogP contribution >= 0.6 is 0 Å². The number of primary amides is 1. The lowest BCUT2D eigenvalue weighted by Gasteiger charge is -2.24. The first-order valence-corrected chi connectivity index (χ1v) is 5.50. The van der Waals surface area contributed by atoms with Crippen molar-refractivity contribution in [2.45, 2.75) is 19.4 Å². The van der Waals surface area contributed by atoms with Gasteiger partial charge in [-0.1, -0.05) is 0 Å². The van der Waals surface area contributed by atoms with Gasteiger partial charge in [0.2, 0.25) is 11.9 Å². The Balaban J connectivity index is 2.72. The number of ether oxygens (including phenoxy) is 1. The topological polar surface area (TPSA) is 96.2 Å². The molecule has 0 fully saturated rings. The molecule has 0 atom stereocenters. The third-order valence-corrected chi connectivity index (χ3v) is 3.05. The van der Waals surface area contributed by atoms with Crippen molar-refractivity contribution < 1.29 is 9.53 Å². The summed E-state index contributed by atoms with van der Waals surface area (Å²) in [6.07, 6.45) is 0. The highest BCUT2D eigenvalue weighted by molar-refractivity contribution is 5.87. The lowest BCUT2D eigenvalue weighted by molar-refractivity contribution is -0.124. The Morgan fingerprint density at radius 1 is 1.44 bits per heavy atom. The number of fused-ring (bicyclic) bond motifs is 1. The van der Waals surface area contributed by atoms with Gasteiger partial charge in [0, 0.05) is 6.07 Å². The molecule has 96 valence electrons. The summed E-state index contributed by atoms with van der Waals surface area (Å²) < 4.78 is 6.75. The lowest BCUT2D eigenvalue weighted by Crippen LogP contribution is -2.41. The van der Waals surface area contributed by atoms with E-state index in [2.05, 4.69) is 4.98 Å². The van der Waals surface area contributed by atoms with Crippen molar-refractivity contribution in [1.29, 1.82) is 0 Å². The van der Waals surface area contributed by atoms with Crippen LogP contribution in [0.4, 0.5) is 5.95 Å². The average Bonchev–Trinajstić information content (AvgIpc) is 2.63. The second-order valence-corrected chi connectivity index (χ2v) is 4.58. The van der Waals surface area contributed by atoms with Crippen molar-refractivity contribution in [3.05, 3.63) is 18.2 Å². The number of hydrogen-bond acceptors (Lipinski definition) is 4. The van der Waals surface area contributed by atoms with E-state index in [0.29, 0.717) is 11.3 Å². The molecule has 0 aliphatic heterocycles. The first-order chi connectivity index (χ1) is 8.37. The molecule has 6 nitrogen and oxygen atoms in total. The number of carbonyl (C=O) groups excluding carboxylic acids is 1. The third-order valence-electron chi connectivity index (χ3n) is 3.05. The number of hydrogen-bond donors (Lipinski definition) is 2. The monoisotopic (exact) mass is 248 g/mol. The van der Waals surface area contributed by atoms with Gasteiger partial charge in [-0.2, -0.15) is 0 Å². The first-order valence-electron chi connectivity index (χ1n) is 5.50. The number of carbonyl (C=O) groups is 1. The third kappa shape index (κ3) is 1.66. The molecule has 0 bridgehead atoms. The van der Waals surface area contributed by atoms with Gasteiger partial charge in [-0.25, -0.2) is 4.98 Å². The highest BCUT2D eigenvalue weighted by Gasteiger charge is 2.31. The van der Waals surface area contributed by atoms with Gasteiger partial charge in [0.25, 0.3) is 0 Å². The molecule has 1 aromatic carbocycles. The Bertz CT molecular complexity index is 616. The summed E-state index contributed by atoms with van der Waals surface area (Å²) >= 11 is 0. The molecule has 1 heterocycles. The molecular formula is C12H16N4O2. The van der Waals surface area contributed by atoms with Crippen LogP contribution in [0.1, 0.15) is 13.8 Å². The van der Waals surface area contributed by atoms with E-state index in [0.717, 1.165) is 5.52 Å². The standard InChI is InChI=1S/C12H16N4O2/c1-12(2,10(13)17)16-9-5-4-7(18-3)6-8(9)15-11(16)14/h4-6H,1-3H3,(H2,13,17)(H2,14,15). The van der Waals surface area contributed by atoms with E-state index in [1.54, 1.807) is 37.7 Å². The smallest absolute Gasteiger partial charge is 0.243 e. The molecule has 0 spiro atoms. The zero-order chi connectivity index (χ0) is 13.5. The van der Waals surface area contributed by atoms with E-state index in [9.17, 15) is 4.79 Å². The number of rotatable bonds is 3. The Labute approximate surface area is 105 Å². The summed E-state index contributed by atoms with van der Waals surface area (Å²) in [6.45, 7) is 3.41. The maximum absolute atomic E-state index is 11.5. The van der Waals surface area contributed by atoms with E-state index in [-0.39, 0.29) is 5.95 Å². The number of imidazole rings is 1. The fourth-order valence-corrected chi connectivity index (χ4v) is 1.90. The number of nitrogens with two attached hydrogens (primary N) is 2. The number of amides is 1. The summed E-state index contributed by atoms with van der Waals surface area (Å²) in [4.78, 5) is 15.8. The van der Waals surface area contributed by atoms with Crippen LogP contribution < -0.4 is 16.2 Å². The minimum absolute atomic E-state index is 0.252. The van der Waals surface area contributed by atoms with E-state index < -0.39 is 11.4 Å². The summed E-state index contributed by atoms with van der Waals surface area (Å²) in [6, 6.07) is 5.36. The largest absolute Gasteiger partial charge is 0.497 e. The SMILES string of the molecule is COc1ccc2c(c1)nc(N)n2C(C)(C)C(N)=O. The molecule has 0 saturated carbocycles. The van der Waals surface area contributed by atoms with Crippen molar-refractivity contribution in [3.8, 4) is 5.75 Å². The van der Waals surface area contributed by atoms with Crippen molar-refractivity contribution in [1.82, 2.24) is 9.55 Å². The number of anilines is 1. The zero-order valence-electron chi connectivity index (χ0n) is 10.6. The van der Waals surface area contributed by atoms with Gasteiger partial charge in [-0.05, 0) is 26.0 Å². The minimum Gasteiger partial charge on any atom is -0.497 e. The van der Waals surface area contributed by atoms with Gasteiger partial charge < -0.3 is 16.2 Å². The number of methoxy groups -OCH3 is 1. The van der Waals surface area contributed by atoms with Crippen molar-refractivity contribution in [3.63, 3.8) is 0 Å². The number of nitrogen functional groups attached to an aromatic ring is 1. The summed E-state index contributed by atoms with van der Waals surface area (Å²) in [7, 11) is 1.58. The van der Waals surface area contributed by atoms with Crippen LogP contribution in [0.25, 0.3) is 11.0 Å². The van der Waals surface area contributed by atoms with Crippen molar-refractivity contribution in [2.24, 2.45) is 5.73 Å². The Hall–Kier alpha value is -2.24. The second-order valence-electron chi connectivity index (χ2n) is 4.58. The molecule has 2 rings (SSSR count). The van der Waals surface area contributed by atoms with Gasteiger partial charge in [0.05, 0.1) is 18.1 Å². The molecule has 0 aliphatic carbocycles. The van der Waals surface area contributed by atoms with Crippen molar-refractivity contribution >= 4 is 22.9 Å². The van der Waals surface area contributed by atoms with E-state index in [1.807, 2.05) is 6.07 Å². The normalized spacial score (nSPS) is 11.7. The van der Waals surface area contributed by atoms with Crippen LogP contribution in [-0.4, -0.2) is 22.6 Å². The van der Waals surface area contributed by atoms with Crippen LogP contribution in [0, 0.1) is 0 Å². The zero-order valence-corrected chi connectivity index (χ0v) is 10.6. The van der Waals surface area contributed by atoms with Crippen LogP contribution in [0.2, 0.25) is 0 Å². The number of nitrogens with zero attached hydrogens (tertiary/aromatic N) is 2. The molecule has 18 heavy (non-hydrogen) atoms. The van der Waals surface area contributed by atoms with E-state index in [1.165, 1.54) is 0 Å². The average molecular weight is 248 g/mol. The minimum atomic E-state index is -0.937. The first kappa shape index (κ1) is 12.2. The Morgan fingerprint density at radius 2 is 2.11 bits per heavy atom. The van der Waals surface area contributed by atoms with Gasteiger partial charge in [-0.3, -0.25) is 9.36 Å². The molecule has 0 radical (unpaired) electrons. The summed E-state index contributed by atoms with van der Waals surface area (Å²) in [5, 5.41) is 0. The summed E-state index contributed by atoms with van der Waals surface area (Å²) in [5.41, 5.74) is 11.8. The summed E-state index contributed by atoms with van der Waals surface area (Å²) in [5.74, 6) is 0.468. The number of benzene rings is 1. The predicted octanol–water partition coefficient (Wildman–Crippen LogP) is 0.847. The molecule has 0 unspecified atom stereocenters. The van der Waals surface area contributed by atoms with Crippen LogP contribution in [0.5, 0.6) is 5.75 Å². The molecule has 6 heteroatoms. The lowest BCUT2D eigenvalue weighted by atomic mass is 10.0. The van der Waals surface area contributed by atoms with Crippen molar-refractivity contribution in [2.75, 3.05) is 12.8 Å². The van der Waals surface area contributed by atoms with Gasteiger partial charge in [-0.15, -0.1) is 0 Å². The second kappa shape index (κ2) is 3.90. The quantitative estimate of drug-likeness (QED) is 0.841. The maximum Gasteiger partial charge on any atom is 0.243 e. The fraction of sp³-hybridized carbons (Fsp3) is 0.333. The van der Waals surface area contributed by atoms with Crippen LogP contribution in [0.3, 0.4) is 0 Å². The predicted molar refractivity (Wildman–Crippen MR) is 69.2 cm³/mol. The molecular weight excluding hydrogens is 232 g/mol. The molecule has 0 saturated heterocycles. The molecule has 0 aliphatic rings. The Morgan fingerprint density at radius 3 is 2.67 bits per heavy atom. The van der Waals surface area contributed by atoms with Gasteiger partial charge >= 0.3 is 0 Å². The molecule has 2 aromatic rings. The molecule has 1 aromatic heterocycles. The van der Waals surface area contributed by atoms with E-state index in [4.69, 9.17) is 16.2 Å². The van der Waals surface area contributed by atoms with E-state index >= 15 is 0 Å². The molecule has 1 amide bonds. The fourth-order valence-electron chi connectivity index (χ4n) is 1.90. The van der Waals surface area contributed by atoms with Crippen LogP contribution in [-0.2, 0) is 10.3 Å². The number of aromatic nitrogens is 2. The highest BCUT2D eigenvalue weighted by atomic mass is 16.5. The maximum atomic E-state index is 11.5. The highest BCUT2D eigenvalue weighted by Crippen LogP contribution is 2.28. The Kier molecular flexibility index (Phi) is 2.65. The van der Waals surface area contributed by atoms with Gasteiger partial charge in [0.15, 0.2) is 0 Å².